The Morgan fingerprint density at radius 3 is 2.82 bits per heavy atom. The molecule has 0 radical (unpaired) electrons. The van der Waals surface area contributed by atoms with E-state index in [9.17, 15) is 0 Å². The summed E-state index contributed by atoms with van der Waals surface area (Å²) in [5, 5.41) is 3.22. The summed E-state index contributed by atoms with van der Waals surface area (Å²) >= 11 is 0. The van der Waals surface area contributed by atoms with Crippen LogP contribution in [0.5, 0.6) is 5.75 Å². The second kappa shape index (κ2) is 7.80. The molecule has 4 rings (SSSR count). The van der Waals surface area contributed by atoms with Crippen LogP contribution in [0.2, 0.25) is 0 Å². The van der Waals surface area contributed by atoms with Crippen molar-refractivity contribution in [1.29, 1.82) is 0 Å². The average Bonchev–Trinajstić information content (AvgIpc) is 3.32. The van der Waals surface area contributed by atoms with Crippen LogP contribution >= 0.6 is 0 Å². The van der Waals surface area contributed by atoms with Crippen molar-refractivity contribution in [2.75, 3.05) is 39.6 Å². The van der Waals surface area contributed by atoms with Crippen LogP contribution in [0.25, 0.3) is 16.9 Å². The maximum atomic E-state index is 5.67. The van der Waals surface area contributed by atoms with Gasteiger partial charge in [0.15, 0.2) is 0 Å². The summed E-state index contributed by atoms with van der Waals surface area (Å²) in [4.78, 5) is 12.0. The number of imidazole rings is 1. The van der Waals surface area contributed by atoms with E-state index in [2.05, 4.69) is 57.8 Å². The first-order valence-corrected chi connectivity index (χ1v) is 10.1. The lowest BCUT2D eigenvalue weighted by Crippen LogP contribution is -2.13. The van der Waals surface area contributed by atoms with Crippen LogP contribution in [-0.4, -0.2) is 53.6 Å². The Hall–Kier alpha value is -2.60. The van der Waals surface area contributed by atoms with Gasteiger partial charge in [-0.1, -0.05) is 25.5 Å². The molecule has 0 bridgehead atoms. The molecular formula is C22H29N5O. The summed E-state index contributed by atoms with van der Waals surface area (Å²) in [7, 11) is 5.82. The minimum absolute atomic E-state index is 0.446. The predicted octanol–water partition coefficient (Wildman–Crippen LogP) is 3.82. The number of rotatable bonds is 6. The number of methoxy groups -OCH3 is 1. The quantitative estimate of drug-likeness (QED) is 0.706. The summed E-state index contributed by atoms with van der Waals surface area (Å²) in [5.41, 5.74) is 4.58. The normalized spacial score (nSPS) is 17.4. The summed E-state index contributed by atoms with van der Waals surface area (Å²) in [6.45, 7) is 4.34. The van der Waals surface area contributed by atoms with Gasteiger partial charge in [0.1, 0.15) is 11.6 Å². The van der Waals surface area contributed by atoms with Gasteiger partial charge >= 0.3 is 0 Å². The molecule has 1 aromatic carbocycles. The fourth-order valence-electron chi connectivity index (χ4n) is 4.25. The lowest BCUT2D eigenvalue weighted by atomic mass is 10.0. The molecule has 6 nitrogen and oxygen atoms in total. The highest BCUT2D eigenvalue weighted by atomic mass is 16.5. The molecule has 0 saturated carbocycles. The lowest BCUT2D eigenvalue weighted by molar-refractivity contribution is 0.409. The largest absolute Gasteiger partial charge is 0.496 e. The topological polar surface area (TPSA) is 54.7 Å². The third-order valence-electron chi connectivity index (χ3n) is 5.65. The third-order valence-corrected chi connectivity index (χ3v) is 5.65. The maximum absolute atomic E-state index is 5.67. The molecule has 1 saturated heterocycles. The van der Waals surface area contributed by atoms with Crippen molar-refractivity contribution >= 4 is 11.5 Å². The van der Waals surface area contributed by atoms with Crippen molar-refractivity contribution < 1.29 is 4.74 Å². The molecule has 1 N–H and O–H groups in total. The molecule has 1 atom stereocenters. The molecule has 1 aliphatic heterocycles. The van der Waals surface area contributed by atoms with E-state index < -0.39 is 0 Å². The van der Waals surface area contributed by atoms with Crippen molar-refractivity contribution in [2.24, 2.45) is 0 Å². The molecule has 1 unspecified atom stereocenters. The number of ether oxygens (including phenoxy) is 1. The van der Waals surface area contributed by atoms with Gasteiger partial charge in [-0.2, -0.15) is 0 Å². The van der Waals surface area contributed by atoms with Gasteiger partial charge in [0.2, 0.25) is 5.95 Å². The highest BCUT2D eigenvalue weighted by Crippen LogP contribution is 2.35. The smallest absolute Gasteiger partial charge is 0.208 e. The Labute approximate surface area is 166 Å². The number of anilines is 1. The Morgan fingerprint density at radius 1 is 1.29 bits per heavy atom. The van der Waals surface area contributed by atoms with Crippen LogP contribution in [0.4, 0.5) is 5.95 Å². The number of hydrogen-bond acceptors (Lipinski definition) is 5. The standard InChI is InChI=1S/C22H29N5O/c1-5-6-15-7-8-16(13-19(15)28-4)21-25-20(17-10-12-26(3)14-17)18-9-11-24-22(23-2)27(18)21/h7-9,11,13,17H,5-6,10,12,14H2,1-4H3,(H,23,24). The molecule has 148 valence electrons. The number of aryl methyl sites for hydroxylation is 1. The summed E-state index contributed by atoms with van der Waals surface area (Å²) in [6.07, 6.45) is 5.10. The fraction of sp³-hybridized carbons (Fsp3) is 0.455. The summed E-state index contributed by atoms with van der Waals surface area (Å²) in [5.74, 6) is 3.09. The minimum Gasteiger partial charge on any atom is -0.496 e. The number of aromatic nitrogens is 3. The van der Waals surface area contributed by atoms with E-state index in [4.69, 9.17) is 9.72 Å². The molecule has 3 heterocycles. The van der Waals surface area contributed by atoms with Gasteiger partial charge in [0, 0.05) is 31.3 Å². The van der Waals surface area contributed by atoms with Crippen LogP contribution in [0.1, 0.15) is 36.9 Å². The van der Waals surface area contributed by atoms with Gasteiger partial charge in [0.05, 0.1) is 18.3 Å². The number of nitrogens with one attached hydrogen (secondary N) is 1. The second-order valence-corrected chi connectivity index (χ2v) is 7.58. The van der Waals surface area contributed by atoms with Crippen molar-refractivity contribution in [1.82, 2.24) is 19.3 Å². The Bertz CT molecular complexity index is 980. The Kier molecular flexibility index (Phi) is 5.22. The van der Waals surface area contributed by atoms with E-state index in [0.717, 1.165) is 66.6 Å². The number of likely N-dealkylation sites (N-methyl/N-ethyl adjacent to an activating group) is 1. The monoisotopic (exact) mass is 379 g/mol. The van der Waals surface area contributed by atoms with Crippen LogP contribution in [0, 0.1) is 0 Å². The first-order valence-electron chi connectivity index (χ1n) is 10.1. The first-order chi connectivity index (χ1) is 13.7. The van der Waals surface area contributed by atoms with Crippen molar-refractivity contribution in [3.05, 3.63) is 41.7 Å². The number of benzene rings is 1. The average molecular weight is 380 g/mol. The lowest BCUT2D eigenvalue weighted by Gasteiger charge is -2.11. The van der Waals surface area contributed by atoms with Crippen molar-refractivity contribution in [2.45, 2.75) is 32.1 Å². The van der Waals surface area contributed by atoms with E-state index in [0.29, 0.717) is 5.92 Å². The van der Waals surface area contributed by atoms with Gasteiger partial charge in [-0.25, -0.2) is 9.97 Å². The van der Waals surface area contributed by atoms with Gasteiger partial charge in [0.25, 0.3) is 0 Å². The molecule has 0 amide bonds. The van der Waals surface area contributed by atoms with Crippen molar-refractivity contribution in [3.63, 3.8) is 0 Å². The van der Waals surface area contributed by atoms with Gasteiger partial charge < -0.3 is 15.0 Å². The zero-order chi connectivity index (χ0) is 19.7. The molecule has 6 heteroatoms. The molecule has 0 aliphatic carbocycles. The van der Waals surface area contributed by atoms with Crippen molar-refractivity contribution in [3.8, 4) is 17.1 Å². The molecule has 3 aromatic rings. The Balaban J connectivity index is 1.89. The molecule has 28 heavy (non-hydrogen) atoms. The van der Waals surface area contributed by atoms with Crippen LogP contribution in [0.3, 0.4) is 0 Å². The van der Waals surface area contributed by atoms with Crippen LogP contribution in [0.15, 0.2) is 30.5 Å². The van der Waals surface area contributed by atoms with E-state index in [1.54, 1.807) is 7.11 Å². The van der Waals surface area contributed by atoms with Gasteiger partial charge in [-0.3, -0.25) is 4.40 Å². The zero-order valence-electron chi connectivity index (χ0n) is 17.2. The number of likely N-dealkylation sites (tertiary alicyclic amines) is 1. The molecular weight excluding hydrogens is 350 g/mol. The number of hydrogen-bond donors (Lipinski definition) is 1. The van der Waals surface area contributed by atoms with E-state index >= 15 is 0 Å². The highest BCUT2D eigenvalue weighted by molar-refractivity contribution is 5.70. The SMILES string of the molecule is CCCc1ccc(-c2nc(C3CCN(C)C3)c3ccnc(NC)n23)cc1OC. The number of nitrogens with zero attached hydrogens (tertiary/aromatic N) is 4. The molecule has 1 fully saturated rings. The van der Waals surface area contributed by atoms with Gasteiger partial charge in [-0.05, 0) is 44.1 Å². The van der Waals surface area contributed by atoms with E-state index in [-0.39, 0.29) is 0 Å². The highest BCUT2D eigenvalue weighted by Gasteiger charge is 2.27. The van der Waals surface area contributed by atoms with Crippen LogP contribution < -0.4 is 10.1 Å². The minimum atomic E-state index is 0.446. The molecule has 2 aromatic heterocycles. The van der Waals surface area contributed by atoms with E-state index in [1.807, 2.05) is 13.2 Å². The van der Waals surface area contributed by atoms with E-state index in [1.165, 1.54) is 5.56 Å². The zero-order valence-corrected chi connectivity index (χ0v) is 17.2. The van der Waals surface area contributed by atoms with Crippen LogP contribution in [-0.2, 0) is 6.42 Å². The molecule has 1 aliphatic rings. The van der Waals surface area contributed by atoms with Gasteiger partial charge in [-0.15, -0.1) is 0 Å². The second-order valence-electron chi connectivity index (χ2n) is 7.58. The third kappa shape index (κ3) is 3.22. The first kappa shape index (κ1) is 18.7. The molecule has 0 spiro atoms. The Morgan fingerprint density at radius 2 is 2.14 bits per heavy atom. The fourth-order valence-corrected chi connectivity index (χ4v) is 4.25. The number of fused-ring (bicyclic) bond motifs is 1. The summed E-state index contributed by atoms with van der Waals surface area (Å²) in [6, 6.07) is 8.50. The maximum Gasteiger partial charge on any atom is 0.208 e. The predicted molar refractivity (Wildman–Crippen MR) is 113 cm³/mol. The summed E-state index contributed by atoms with van der Waals surface area (Å²) < 4.78 is 7.82.